The summed E-state index contributed by atoms with van der Waals surface area (Å²) in [6, 6.07) is 5.43. The molecule has 3 aromatic heterocycles. The van der Waals surface area contributed by atoms with Gasteiger partial charge in [0, 0.05) is 35.6 Å². The molecule has 7 nitrogen and oxygen atoms in total. The van der Waals surface area contributed by atoms with Gasteiger partial charge in [-0.25, -0.2) is 14.8 Å². The van der Waals surface area contributed by atoms with Crippen LogP contribution >= 0.6 is 0 Å². The Morgan fingerprint density at radius 2 is 1.91 bits per heavy atom. The topological polar surface area (TPSA) is 84.2 Å². The largest absolute Gasteiger partial charge is 0.444 e. The van der Waals surface area contributed by atoms with E-state index in [1.807, 2.05) is 6.07 Å². The van der Waals surface area contributed by atoms with Crippen molar-refractivity contribution >= 4 is 27.9 Å². The van der Waals surface area contributed by atoms with Gasteiger partial charge in [-0.05, 0) is 56.5 Å². The number of oxazole rings is 1. The van der Waals surface area contributed by atoms with E-state index in [1.165, 1.54) is 6.39 Å². The number of pyridine rings is 1. The fraction of sp³-hybridized carbons (Fsp3) is 0.400. The molecule has 1 N–H and O–H groups in total. The first-order valence-electron chi connectivity index (χ1n) is 11.4. The molecule has 0 spiro atoms. The Hall–Kier alpha value is -3.56. The third-order valence-electron chi connectivity index (χ3n) is 6.23. The number of aromatic nitrogens is 3. The summed E-state index contributed by atoms with van der Waals surface area (Å²) in [7, 11) is 0. The predicted molar refractivity (Wildman–Crippen MR) is 124 cm³/mol. The number of benzene rings is 1. The molecule has 5 rings (SSSR count). The first-order valence-corrected chi connectivity index (χ1v) is 11.4. The maximum Gasteiger partial charge on any atom is 0.431 e. The number of piperidine rings is 1. The second-order valence-electron chi connectivity index (χ2n) is 9.80. The van der Waals surface area contributed by atoms with Crippen molar-refractivity contribution in [2.45, 2.75) is 51.3 Å². The molecule has 0 atom stereocenters. The van der Waals surface area contributed by atoms with Crippen LogP contribution in [0.2, 0.25) is 0 Å². The number of nitrogens with zero attached hydrogens (tertiary/aromatic N) is 3. The minimum absolute atomic E-state index is 0.196. The summed E-state index contributed by atoms with van der Waals surface area (Å²) in [6.07, 6.45) is 0.231. The molecular weight excluding hydrogens is 461 g/mol. The number of H-pyrrole nitrogens is 1. The molecule has 0 aliphatic carbocycles. The van der Waals surface area contributed by atoms with E-state index in [4.69, 9.17) is 9.15 Å². The average Bonchev–Trinajstić information content (AvgIpc) is 3.46. The van der Waals surface area contributed by atoms with Crippen LogP contribution in [0.1, 0.15) is 50.8 Å². The molecule has 35 heavy (non-hydrogen) atoms. The molecule has 1 aliphatic heterocycles. The fourth-order valence-electron chi connectivity index (χ4n) is 4.72. The Balaban J connectivity index is 1.55. The second kappa shape index (κ2) is 8.28. The summed E-state index contributed by atoms with van der Waals surface area (Å²) in [5, 5.41) is 1.84. The predicted octanol–water partition coefficient (Wildman–Crippen LogP) is 6.50. The average molecular weight is 486 g/mol. The molecule has 1 saturated heterocycles. The van der Waals surface area contributed by atoms with Crippen LogP contribution in [0.4, 0.5) is 18.0 Å². The SMILES string of the molecule is CC(C)(C)OC(=O)N1CCC(c2c(C(F)(F)F)[nH]c3ncc4cc(-c5cnco5)ccc4c23)CC1. The first kappa shape index (κ1) is 23.2. The van der Waals surface area contributed by atoms with Crippen LogP contribution in [-0.4, -0.2) is 44.6 Å². The van der Waals surface area contributed by atoms with Crippen molar-refractivity contribution in [3.8, 4) is 11.3 Å². The van der Waals surface area contributed by atoms with Crippen LogP contribution in [0.25, 0.3) is 33.1 Å². The Morgan fingerprint density at radius 3 is 2.54 bits per heavy atom. The van der Waals surface area contributed by atoms with E-state index in [9.17, 15) is 18.0 Å². The van der Waals surface area contributed by atoms with Crippen LogP contribution < -0.4 is 0 Å². The Labute approximate surface area is 199 Å². The van der Waals surface area contributed by atoms with Crippen molar-refractivity contribution < 1.29 is 27.1 Å². The molecule has 1 aromatic carbocycles. The normalized spacial score (nSPS) is 15.8. The van der Waals surface area contributed by atoms with Gasteiger partial charge in [0.25, 0.3) is 0 Å². The lowest BCUT2D eigenvalue weighted by atomic mass is 9.86. The van der Waals surface area contributed by atoms with Gasteiger partial charge in [-0.3, -0.25) is 0 Å². The summed E-state index contributed by atoms with van der Waals surface area (Å²) in [6.45, 7) is 5.98. The maximum absolute atomic E-state index is 14.1. The number of aromatic amines is 1. The van der Waals surface area contributed by atoms with Gasteiger partial charge >= 0.3 is 12.3 Å². The smallest absolute Gasteiger partial charge is 0.431 e. The molecule has 0 radical (unpaired) electrons. The zero-order chi connectivity index (χ0) is 25.0. The van der Waals surface area contributed by atoms with Crippen molar-refractivity contribution in [3.05, 3.63) is 48.2 Å². The maximum atomic E-state index is 14.1. The zero-order valence-electron chi connectivity index (χ0n) is 19.6. The molecular formula is C25H25F3N4O3. The van der Waals surface area contributed by atoms with E-state index in [1.54, 1.807) is 50.2 Å². The van der Waals surface area contributed by atoms with Gasteiger partial charge in [-0.15, -0.1) is 0 Å². The van der Waals surface area contributed by atoms with Crippen molar-refractivity contribution in [2.24, 2.45) is 0 Å². The van der Waals surface area contributed by atoms with Crippen LogP contribution in [0.3, 0.4) is 0 Å². The van der Waals surface area contributed by atoms with Crippen molar-refractivity contribution in [1.29, 1.82) is 0 Å². The molecule has 0 bridgehead atoms. The second-order valence-corrected chi connectivity index (χ2v) is 9.80. The Kier molecular flexibility index (Phi) is 5.49. The van der Waals surface area contributed by atoms with Gasteiger partial charge in [0.1, 0.15) is 16.9 Å². The lowest BCUT2D eigenvalue weighted by Gasteiger charge is -2.34. The number of rotatable bonds is 2. The van der Waals surface area contributed by atoms with Gasteiger partial charge in [-0.1, -0.05) is 12.1 Å². The van der Waals surface area contributed by atoms with Gasteiger partial charge in [-0.2, -0.15) is 13.2 Å². The number of nitrogens with one attached hydrogen (secondary N) is 1. The van der Waals surface area contributed by atoms with E-state index in [2.05, 4.69) is 15.0 Å². The lowest BCUT2D eigenvalue weighted by molar-refractivity contribution is -0.141. The molecule has 1 fully saturated rings. The summed E-state index contributed by atoms with van der Waals surface area (Å²) in [5.41, 5.74) is -0.246. The number of carbonyl (C=O) groups excluding carboxylic acids is 1. The number of fused-ring (bicyclic) bond motifs is 3. The molecule has 10 heteroatoms. The van der Waals surface area contributed by atoms with Crippen LogP contribution in [0.5, 0.6) is 0 Å². The van der Waals surface area contributed by atoms with E-state index in [-0.39, 0.29) is 17.1 Å². The summed E-state index contributed by atoms with van der Waals surface area (Å²) in [5.74, 6) is 0.173. The Bertz CT molecular complexity index is 1380. The van der Waals surface area contributed by atoms with Gasteiger partial charge in [0.2, 0.25) is 0 Å². The number of amides is 1. The number of hydrogen-bond donors (Lipinski definition) is 1. The summed E-state index contributed by atoms with van der Waals surface area (Å²) < 4.78 is 53.1. The third kappa shape index (κ3) is 4.44. The van der Waals surface area contributed by atoms with Crippen LogP contribution in [0, 0.1) is 0 Å². The molecule has 1 aliphatic rings. The standard InChI is InChI=1S/C25H25F3N4O3/c1-24(2,3)35-23(33)32-8-6-14(7-9-32)19-20-17-5-4-15(18-12-29-13-34-18)10-16(17)11-30-22(20)31-21(19)25(26,27)28/h4-5,10-14H,6-9H2,1-3H3,(H,30,31). The van der Waals surface area contributed by atoms with Crippen LogP contribution in [0.15, 0.2) is 41.4 Å². The number of likely N-dealkylation sites (tertiary alicyclic amines) is 1. The highest BCUT2D eigenvalue weighted by molar-refractivity contribution is 6.08. The lowest BCUT2D eigenvalue weighted by Crippen LogP contribution is -2.41. The van der Waals surface area contributed by atoms with E-state index in [0.29, 0.717) is 47.9 Å². The highest BCUT2D eigenvalue weighted by atomic mass is 19.4. The molecule has 4 aromatic rings. The molecule has 4 heterocycles. The molecule has 1 amide bonds. The van der Waals surface area contributed by atoms with Gasteiger partial charge < -0.3 is 19.0 Å². The highest BCUT2D eigenvalue weighted by Crippen LogP contribution is 2.44. The van der Waals surface area contributed by atoms with E-state index < -0.39 is 23.6 Å². The Morgan fingerprint density at radius 1 is 1.17 bits per heavy atom. The van der Waals surface area contributed by atoms with Crippen molar-refractivity contribution in [2.75, 3.05) is 13.1 Å². The third-order valence-corrected chi connectivity index (χ3v) is 6.23. The number of halogens is 3. The zero-order valence-corrected chi connectivity index (χ0v) is 19.6. The van der Waals surface area contributed by atoms with E-state index >= 15 is 0 Å². The molecule has 184 valence electrons. The first-order chi connectivity index (χ1) is 16.5. The molecule has 0 unspecified atom stereocenters. The summed E-state index contributed by atoms with van der Waals surface area (Å²) >= 11 is 0. The molecule has 0 saturated carbocycles. The van der Waals surface area contributed by atoms with Crippen molar-refractivity contribution in [1.82, 2.24) is 19.9 Å². The van der Waals surface area contributed by atoms with Gasteiger partial charge in [0.05, 0.1) is 6.20 Å². The number of ether oxygens (including phenoxy) is 1. The summed E-state index contributed by atoms with van der Waals surface area (Å²) in [4.78, 5) is 24.8. The minimum atomic E-state index is -4.57. The number of hydrogen-bond acceptors (Lipinski definition) is 5. The number of alkyl halides is 3. The monoisotopic (exact) mass is 486 g/mol. The fourth-order valence-corrected chi connectivity index (χ4v) is 4.72. The number of carbonyl (C=O) groups is 1. The van der Waals surface area contributed by atoms with Crippen molar-refractivity contribution in [3.63, 3.8) is 0 Å². The van der Waals surface area contributed by atoms with Gasteiger partial charge in [0.15, 0.2) is 12.2 Å². The van der Waals surface area contributed by atoms with Crippen LogP contribution in [-0.2, 0) is 10.9 Å². The highest BCUT2D eigenvalue weighted by Gasteiger charge is 2.40. The minimum Gasteiger partial charge on any atom is -0.444 e. The van der Waals surface area contributed by atoms with E-state index in [0.717, 1.165) is 5.56 Å². The quantitative estimate of drug-likeness (QED) is 0.349.